The first-order valence-corrected chi connectivity index (χ1v) is 11.1. The summed E-state index contributed by atoms with van der Waals surface area (Å²) in [6.07, 6.45) is 0. The summed E-state index contributed by atoms with van der Waals surface area (Å²) in [6.45, 7) is 10.4. The lowest BCUT2D eigenvalue weighted by molar-refractivity contribution is -0.130. The lowest BCUT2D eigenvalue weighted by Crippen LogP contribution is -2.38. The quantitative estimate of drug-likeness (QED) is 0.588. The number of hydrogen-bond donors (Lipinski definition) is 0. The number of hydrogen-bond acceptors (Lipinski definition) is 3. The van der Waals surface area contributed by atoms with Gasteiger partial charge in [-0.3, -0.25) is 9.69 Å². The Kier molecular flexibility index (Phi) is 7.79. The third kappa shape index (κ3) is 5.99. The van der Waals surface area contributed by atoms with Gasteiger partial charge in [0.15, 0.2) is 0 Å². The van der Waals surface area contributed by atoms with E-state index < -0.39 is 0 Å². The number of carbonyl (C=O) groups is 1. The van der Waals surface area contributed by atoms with E-state index in [-0.39, 0.29) is 5.91 Å². The van der Waals surface area contributed by atoms with Crippen molar-refractivity contribution in [2.45, 2.75) is 33.2 Å². The molecule has 2 aromatic rings. The van der Waals surface area contributed by atoms with Crippen molar-refractivity contribution in [2.24, 2.45) is 11.8 Å². The smallest absolute Gasteiger partial charge is 0.219 e. The Balaban J connectivity index is 1.81. The molecule has 0 spiro atoms. The van der Waals surface area contributed by atoms with Crippen LogP contribution in [-0.2, 0) is 11.3 Å². The Bertz CT molecular complexity index is 837. The molecule has 0 bridgehead atoms. The lowest BCUT2D eigenvalue weighted by Gasteiger charge is -2.29. The van der Waals surface area contributed by atoms with Crippen LogP contribution in [0.5, 0.6) is 5.75 Å². The third-order valence-electron chi connectivity index (χ3n) is 5.84. The van der Waals surface area contributed by atoms with Crippen LogP contribution in [0.15, 0.2) is 48.5 Å². The topological polar surface area (TPSA) is 32.8 Å². The summed E-state index contributed by atoms with van der Waals surface area (Å²) < 4.78 is 5.46. The van der Waals surface area contributed by atoms with E-state index in [0.29, 0.717) is 17.8 Å². The maximum atomic E-state index is 12.3. The fourth-order valence-corrected chi connectivity index (χ4v) is 4.55. The molecule has 5 heteroatoms. The highest BCUT2D eigenvalue weighted by molar-refractivity contribution is 6.30. The summed E-state index contributed by atoms with van der Waals surface area (Å²) in [4.78, 5) is 16.8. The molecule has 0 aliphatic carbocycles. The Hall–Kier alpha value is -2.04. The van der Waals surface area contributed by atoms with Gasteiger partial charge < -0.3 is 9.64 Å². The predicted octanol–water partition coefficient (Wildman–Crippen LogP) is 5.07. The zero-order valence-electron chi connectivity index (χ0n) is 18.5. The molecular weight excluding hydrogens is 396 g/mol. The van der Waals surface area contributed by atoms with Gasteiger partial charge in [-0.2, -0.15) is 0 Å². The molecular formula is C25H33ClN2O2. The number of ether oxygens (including phenoxy) is 1. The molecule has 1 aliphatic rings. The fourth-order valence-electron chi connectivity index (χ4n) is 4.43. The second-order valence-electron chi connectivity index (χ2n) is 8.78. The predicted molar refractivity (Wildman–Crippen MR) is 123 cm³/mol. The van der Waals surface area contributed by atoms with Crippen molar-refractivity contribution >= 4 is 17.5 Å². The Labute approximate surface area is 185 Å². The molecule has 0 saturated carbocycles. The summed E-state index contributed by atoms with van der Waals surface area (Å²) >= 11 is 6.05. The van der Waals surface area contributed by atoms with Crippen molar-refractivity contribution in [1.29, 1.82) is 0 Å². The molecule has 4 nitrogen and oxygen atoms in total. The molecule has 0 radical (unpaired) electrons. The van der Waals surface area contributed by atoms with Gasteiger partial charge in [0, 0.05) is 50.6 Å². The number of benzene rings is 2. The lowest BCUT2D eigenvalue weighted by atomic mass is 9.88. The average Bonchev–Trinajstić information content (AvgIpc) is 3.11. The van der Waals surface area contributed by atoms with Crippen molar-refractivity contribution in [3.05, 3.63) is 64.7 Å². The number of likely N-dealkylation sites (tertiary alicyclic amines) is 1. The van der Waals surface area contributed by atoms with Crippen LogP contribution >= 0.6 is 11.6 Å². The summed E-state index contributed by atoms with van der Waals surface area (Å²) in [6, 6.07) is 16.5. The number of amides is 1. The van der Waals surface area contributed by atoms with Crippen molar-refractivity contribution in [1.82, 2.24) is 9.80 Å². The number of halogens is 1. The van der Waals surface area contributed by atoms with Gasteiger partial charge >= 0.3 is 0 Å². The van der Waals surface area contributed by atoms with Crippen LogP contribution in [0.4, 0.5) is 0 Å². The van der Waals surface area contributed by atoms with Crippen molar-refractivity contribution in [2.75, 3.05) is 33.3 Å². The highest BCUT2D eigenvalue weighted by atomic mass is 35.5. The summed E-state index contributed by atoms with van der Waals surface area (Å²) in [7, 11) is 1.71. The average molecular weight is 429 g/mol. The van der Waals surface area contributed by atoms with Crippen molar-refractivity contribution in [3.63, 3.8) is 0 Å². The van der Waals surface area contributed by atoms with E-state index in [4.69, 9.17) is 16.3 Å². The van der Waals surface area contributed by atoms with Crippen LogP contribution in [0.2, 0.25) is 5.02 Å². The summed E-state index contributed by atoms with van der Waals surface area (Å²) in [5, 5.41) is 0.762. The van der Waals surface area contributed by atoms with Crippen LogP contribution in [0.3, 0.4) is 0 Å². The Morgan fingerprint density at radius 2 is 1.93 bits per heavy atom. The van der Waals surface area contributed by atoms with Gasteiger partial charge in [-0.15, -0.1) is 0 Å². The monoisotopic (exact) mass is 428 g/mol. The molecule has 3 rings (SSSR count). The van der Waals surface area contributed by atoms with E-state index in [2.05, 4.69) is 49.1 Å². The number of nitrogens with zero attached hydrogens (tertiary/aromatic N) is 2. The molecule has 30 heavy (non-hydrogen) atoms. The molecule has 2 aromatic carbocycles. The summed E-state index contributed by atoms with van der Waals surface area (Å²) in [5.41, 5.74) is 2.54. The Morgan fingerprint density at radius 3 is 2.57 bits per heavy atom. The van der Waals surface area contributed by atoms with E-state index >= 15 is 0 Å². The minimum Gasteiger partial charge on any atom is -0.497 e. The largest absolute Gasteiger partial charge is 0.497 e. The molecule has 0 unspecified atom stereocenters. The number of carbonyl (C=O) groups excluding carboxylic acids is 1. The van der Waals surface area contributed by atoms with Gasteiger partial charge in [-0.05, 0) is 47.2 Å². The van der Waals surface area contributed by atoms with Crippen LogP contribution in [0.25, 0.3) is 0 Å². The molecule has 162 valence electrons. The first-order valence-electron chi connectivity index (χ1n) is 10.7. The van der Waals surface area contributed by atoms with Gasteiger partial charge in [0.2, 0.25) is 5.91 Å². The zero-order chi connectivity index (χ0) is 21.7. The molecule has 0 aromatic heterocycles. The van der Waals surface area contributed by atoms with Crippen LogP contribution < -0.4 is 4.74 Å². The van der Waals surface area contributed by atoms with Gasteiger partial charge in [0.1, 0.15) is 5.75 Å². The SMILES string of the molecule is COc1cccc([C@@H]2CN(Cc3ccc(Cl)cc3)C[C@@H]2CN(CC(C)C)C(C)=O)c1. The standard InChI is InChI=1S/C25H33ClN2O2/c1-18(2)13-28(19(3)29)16-22-15-27(14-20-8-10-23(26)11-9-20)17-25(22)21-6-5-7-24(12-21)30-4/h5-12,18,22,25H,13-17H2,1-4H3/t22-,25+/m1/s1. The van der Waals surface area contributed by atoms with Crippen LogP contribution in [0, 0.1) is 11.8 Å². The molecule has 1 amide bonds. The van der Waals surface area contributed by atoms with Crippen LogP contribution in [-0.4, -0.2) is 49.0 Å². The highest BCUT2D eigenvalue weighted by Gasteiger charge is 2.35. The molecule has 1 saturated heterocycles. The minimum absolute atomic E-state index is 0.157. The molecule has 2 atom stereocenters. The number of methoxy groups -OCH3 is 1. The van der Waals surface area contributed by atoms with E-state index in [1.807, 2.05) is 23.1 Å². The second kappa shape index (κ2) is 10.3. The molecule has 1 heterocycles. The highest BCUT2D eigenvalue weighted by Crippen LogP contribution is 2.35. The van der Waals surface area contributed by atoms with E-state index in [9.17, 15) is 4.79 Å². The maximum absolute atomic E-state index is 12.3. The number of rotatable bonds is 8. The fraction of sp³-hybridized carbons (Fsp3) is 0.480. The van der Waals surface area contributed by atoms with E-state index in [1.54, 1.807) is 14.0 Å². The normalized spacial score (nSPS) is 19.3. The van der Waals surface area contributed by atoms with Crippen molar-refractivity contribution in [3.8, 4) is 5.75 Å². The van der Waals surface area contributed by atoms with Crippen molar-refractivity contribution < 1.29 is 9.53 Å². The van der Waals surface area contributed by atoms with Gasteiger partial charge in [0.25, 0.3) is 0 Å². The van der Waals surface area contributed by atoms with Gasteiger partial charge in [-0.1, -0.05) is 49.7 Å². The first kappa shape index (κ1) is 22.6. The van der Waals surface area contributed by atoms with Gasteiger partial charge in [0.05, 0.1) is 7.11 Å². The maximum Gasteiger partial charge on any atom is 0.219 e. The second-order valence-corrected chi connectivity index (χ2v) is 9.22. The zero-order valence-corrected chi connectivity index (χ0v) is 19.2. The molecule has 1 aliphatic heterocycles. The van der Waals surface area contributed by atoms with Crippen LogP contribution in [0.1, 0.15) is 37.8 Å². The van der Waals surface area contributed by atoms with E-state index in [1.165, 1.54) is 11.1 Å². The van der Waals surface area contributed by atoms with Gasteiger partial charge in [-0.25, -0.2) is 0 Å². The minimum atomic E-state index is 0.157. The Morgan fingerprint density at radius 1 is 1.20 bits per heavy atom. The van der Waals surface area contributed by atoms with E-state index in [0.717, 1.165) is 43.5 Å². The molecule has 0 N–H and O–H groups in total. The molecule has 1 fully saturated rings. The summed E-state index contributed by atoms with van der Waals surface area (Å²) in [5.74, 6) is 2.24. The first-order chi connectivity index (χ1) is 14.4. The third-order valence-corrected chi connectivity index (χ3v) is 6.10.